The Labute approximate surface area is 167 Å². The number of nitrogens with zero attached hydrogens (tertiary/aromatic N) is 1. The van der Waals surface area contributed by atoms with Gasteiger partial charge in [-0.15, -0.1) is 11.3 Å². The van der Waals surface area contributed by atoms with Gasteiger partial charge in [0.15, 0.2) is 10.2 Å². The van der Waals surface area contributed by atoms with E-state index in [1.165, 1.54) is 11.3 Å². The minimum atomic E-state index is -0.304. The normalized spacial score (nSPS) is 10.5. The van der Waals surface area contributed by atoms with Gasteiger partial charge in [0.2, 0.25) is 0 Å². The van der Waals surface area contributed by atoms with Crippen LogP contribution in [0.1, 0.15) is 24.2 Å². The summed E-state index contributed by atoms with van der Waals surface area (Å²) in [6.07, 6.45) is 0.0368. The van der Waals surface area contributed by atoms with E-state index in [2.05, 4.69) is 15.6 Å². The molecule has 2 aromatic carbocycles. The van der Waals surface area contributed by atoms with Gasteiger partial charge in [-0.1, -0.05) is 36.4 Å². The number of carbonyl (C=O) groups excluding carboxylic acids is 1. The van der Waals surface area contributed by atoms with Gasteiger partial charge in [-0.2, -0.15) is 0 Å². The molecule has 3 rings (SSSR count). The highest BCUT2D eigenvalue weighted by Crippen LogP contribution is 2.24. The fourth-order valence-corrected chi connectivity index (χ4v) is 3.34. The van der Waals surface area contributed by atoms with Gasteiger partial charge in [0.1, 0.15) is 5.75 Å². The first kappa shape index (κ1) is 19.0. The zero-order chi connectivity index (χ0) is 19.2. The number of aromatic nitrogens is 1. The van der Waals surface area contributed by atoms with Crippen LogP contribution in [0.15, 0.2) is 60.0 Å². The van der Waals surface area contributed by atoms with E-state index >= 15 is 0 Å². The van der Waals surface area contributed by atoms with Gasteiger partial charge in [-0.3, -0.25) is 10.1 Å². The number of ether oxygens (including phenoxy) is 1. The summed E-state index contributed by atoms with van der Waals surface area (Å²) < 4.78 is 5.61. The number of amides is 1. The first-order valence-electron chi connectivity index (χ1n) is 8.41. The molecule has 1 amide bonds. The van der Waals surface area contributed by atoms with Crippen LogP contribution in [0.3, 0.4) is 0 Å². The minimum absolute atomic E-state index is 0.0368. The Hall–Kier alpha value is -2.77. The summed E-state index contributed by atoms with van der Waals surface area (Å²) in [5.74, 6) is 0.338. The van der Waals surface area contributed by atoms with Crippen molar-refractivity contribution in [1.82, 2.24) is 10.3 Å². The van der Waals surface area contributed by atoms with Crippen molar-refractivity contribution in [1.29, 1.82) is 0 Å². The molecule has 1 heterocycles. The van der Waals surface area contributed by atoms with Crippen molar-refractivity contribution in [3.63, 3.8) is 0 Å². The number of hydrogen-bond donors (Lipinski definition) is 2. The summed E-state index contributed by atoms with van der Waals surface area (Å²) in [4.78, 5) is 16.9. The van der Waals surface area contributed by atoms with Crippen molar-refractivity contribution in [3.05, 3.63) is 65.5 Å². The number of thiocarbonyl (C=S) groups is 1. The molecule has 0 saturated heterocycles. The van der Waals surface area contributed by atoms with Crippen LogP contribution in [-0.2, 0) is 0 Å². The summed E-state index contributed by atoms with van der Waals surface area (Å²) in [7, 11) is 0. The third kappa shape index (κ3) is 5.35. The molecule has 3 aromatic rings. The lowest BCUT2D eigenvalue weighted by Gasteiger charge is -2.11. The second-order valence-corrected chi connectivity index (χ2v) is 7.27. The highest BCUT2D eigenvalue weighted by Gasteiger charge is 2.11. The second-order valence-electron chi connectivity index (χ2n) is 6.01. The highest BCUT2D eigenvalue weighted by atomic mass is 32.1. The Morgan fingerprint density at radius 3 is 2.67 bits per heavy atom. The third-order valence-corrected chi connectivity index (χ3v) is 4.45. The molecule has 2 N–H and O–H groups in total. The zero-order valence-corrected chi connectivity index (χ0v) is 16.6. The smallest absolute Gasteiger partial charge is 0.257 e. The Kier molecular flexibility index (Phi) is 6.16. The molecule has 0 aliphatic heterocycles. The SMILES string of the molecule is CC(C)Oc1cccc(C(=O)NC(=S)Nc2nc(-c3ccccc3)cs2)c1. The maximum Gasteiger partial charge on any atom is 0.257 e. The molecular formula is C20H19N3O2S2. The fourth-order valence-electron chi connectivity index (χ4n) is 2.36. The number of rotatable bonds is 5. The van der Waals surface area contributed by atoms with Crippen LogP contribution in [0.25, 0.3) is 11.3 Å². The molecule has 27 heavy (non-hydrogen) atoms. The molecule has 5 nitrogen and oxygen atoms in total. The Morgan fingerprint density at radius 1 is 1.15 bits per heavy atom. The molecule has 0 atom stereocenters. The Balaban J connectivity index is 1.61. The van der Waals surface area contributed by atoms with Crippen molar-refractivity contribution in [3.8, 4) is 17.0 Å². The van der Waals surface area contributed by atoms with Gasteiger partial charge in [0, 0.05) is 16.5 Å². The molecule has 0 saturated carbocycles. The first-order valence-corrected chi connectivity index (χ1v) is 9.70. The molecule has 0 unspecified atom stereocenters. The maximum atomic E-state index is 12.4. The lowest BCUT2D eigenvalue weighted by atomic mass is 10.2. The van der Waals surface area contributed by atoms with E-state index in [1.807, 2.05) is 55.6 Å². The zero-order valence-electron chi connectivity index (χ0n) is 14.9. The van der Waals surface area contributed by atoms with Crippen LogP contribution >= 0.6 is 23.6 Å². The summed E-state index contributed by atoms with van der Waals surface area (Å²) in [6, 6.07) is 16.9. The predicted molar refractivity (Wildman–Crippen MR) is 113 cm³/mol. The van der Waals surface area contributed by atoms with Gasteiger partial charge >= 0.3 is 0 Å². The van der Waals surface area contributed by atoms with Gasteiger partial charge in [-0.05, 0) is 44.3 Å². The molecule has 0 radical (unpaired) electrons. The van der Waals surface area contributed by atoms with E-state index < -0.39 is 0 Å². The molecule has 7 heteroatoms. The minimum Gasteiger partial charge on any atom is -0.491 e. The van der Waals surface area contributed by atoms with Crippen LogP contribution in [0.4, 0.5) is 5.13 Å². The van der Waals surface area contributed by atoms with Crippen molar-refractivity contribution in [2.45, 2.75) is 20.0 Å². The van der Waals surface area contributed by atoms with E-state index in [-0.39, 0.29) is 17.1 Å². The predicted octanol–water partition coefficient (Wildman–Crippen LogP) is 4.72. The topological polar surface area (TPSA) is 63.2 Å². The lowest BCUT2D eigenvalue weighted by molar-refractivity contribution is 0.0977. The number of nitrogens with one attached hydrogen (secondary N) is 2. The van der Waals surface area contributed by atoms with E-state index in [4.69, 9.17) is 17.0 Å². The molecule has 0 spiro atoms. The molecule has 0 bridgehead atoms. The maximum absolute atomic E-state index is 12.4. The molecule has 1 aromatic heterocycles. The Bertz CT molecular complexity index is 939. The van der Waals surface area contributed by atoms with Crippen LogP contribution in [-0.4, -0.2) is 22.1 Å². The van der Waals surface area contributed by atoms with Gasteiger partial charge in [0.05, 0.1) is 11.8 Å². The van der Waals surface area contributed by atoms with E-state index in [1.54, 1.807) is 18.2 Å². The molecule has 0 fully saturated rings. The second kappa shape index (κ2) is 8.75. The monoisotopic (exact) mass is 397 g/mol. The van der Waals surface area contributed by atoms with Crippen molar-refractivity contribution < 1.29 is 9.53 Å². The fraction of sp³-hybridized carbons (Fsp3) is 0.150. The van der Waals surface area contributed by atoms with E-state index in [0.29, 0.717) is 16.4 Å². The quantitative estimate of drug-likeness (QED) is 0.610. The summed E-state index contributed by atoms with van der Waals surface area (Å²) >= 11 is 6.66. The molecule has 0 aliphatic carbocycles. The van der Waals surface area contributed by atoms with Gasteiger partial charge in [0.25, 0.3) is 5.91 Å². The van der Waals surface area contributed by atoms with Gasteiger partial charge < -0.3 is 10.1 Å². The van der Waals surface area contributed by atoms with Crippen LogP contribution in [0.2, 0.25) is 0 Å². The summed E-state index contributed by atoms with van der Waals surface area (Å²) in [5, 5.41) is 8.38. The van der Waals surface area contributed by atoms with Gasteiger partial charge in [-0.25, -0.2) is 4.98 Å². The molecule has 138 valence electrons. The number of hydrogen-bond acceptors (Lipinski definition) is 5. The van der Waals surface area contributed by atoms with Crippen LogP contribution in [0.5, 0.6) is 5.75 Å². The van der Waals surface area contributed by atoms with Crippen molar-refractivity contribution in [2.24, 2.45) is 0 Å². The summed E-state index contributed by atoms with van der Waals surface area (Å²) in [5.41, 5.74) is 2.36. The third-order valence-electron chi connectivity index (χ3n) is 3.49. The molecular weight excluding hydrogens is 378 g/mol. The molecule has 0 aliphatic rings. The standard InChI is InChI=1S/C20H19N3O2S2/c1-13(2)25-16-10-6-9-15(11-16)18(24)22-19(26)23-20-21-17(12-27-20)14-7-4-3-5-8-14/h3-13H,1-2H3,(H2,21,22,23,24,26). The van der Waals surface area contributed by atoms with E-state index in [0.717, 1.165) is 11.3 Å². The average Bonchev–Trinajstić information content (AvgIpc) is 3.10. The lowest BCUT2D eigenvalue weighted by Crippen LogP contribution is -2.34. The summed E-state index contributed by atoms with van der Waals surface area (Å²) in [6.45, 7) is 3.87. The van der Waals surface area contributed by atoms with Crippen molar-refractivity contribution >= 4 is 39.7 Å². The number of thiazole rings is 1. The number of carbonyl (C=O) groups is 1. The largest absolute Gasteiger partial charge is 0.491 e. The number of anilines is 1. The van der Waals surface area contributed by atoms with Crippen LogP contribution in [0, 0.1) is 0 Å². The van der Waals surface area contributed by atoms with Crippen molar-refractivity contribution in [2.75, 3.05) is 5.32 Å². The first-order chi connectivity index (χ1) is 13.0. The van der Waals surface area contributed by atoms with E-state index in [9.17, 15) is 4.79 Å². The van der Waals surface area contributed by atoms with Crippen LogP contribution < -0.4 is 15.4 Å². The Morgan fingerprint density at radius 2 is 1.93 bits per heavy atom. The highest BCUT2D eigenvalue weighted by molar-refractivity contribution is 7.80. The number of benzene rings is 2. The average molecular weight is 398 g/mol.